The van der Waals surface area contributed by atoms with Crippen molar-refractivity contribution in [3.8, 4) is 0 Å². The fourth-order valence-corrected chi connectivity index (χ4v) is 2.16. The van der Waals surface area contributed by atoms with Gasteiger partial charge in [-0.3, -0.25) is 4.79 Å². The quantitative estimate of drug-likeness (QED) is 0.777. The van der Waals surface area contributed by atoms with Gasteiger partial charge in [0.2, 0.25) is 0 Å². The summed E-state index contributed by atoms with van der Waals surface area (Å²) >= 11 is 12.3. The third-order valence-corrected chi connectivity index (χ3v) is 4.53. The minimum Gasteiger partial charge on any atom is -0.266 e. The summed E-state index contributed by atoms with van der Waals surface area (Å²) in [4.78, 5) is 11.9. The van der Waals surface area contributed by atoms with Crippen LogP contribution in [0, 0.1) is 5.82 Å². The van der Waals surface area contributed by atoms with Gasteiger partial charge in [0.05, 0.1) is 17.2 Å². The van der Waals surface area contributed by atoms with E-state index in [0.717, 1.165) is 0 Å². The molecule has 0 atom stereocenters. The SMILES string of the molecule is O=c1c(Br)c(Br)cnn1Cc1ccc(F)cc1Cl. The van der Waals surface area contributed by atoms with Crippen molar-refractivity contribution in [2.45, 2.75) is 6.54 Å². The molecule has 0 N–H and O–H groups in total. The topological polar surface area (TPSA) is 34.9 Å². The van der Waals surface area contributed by atoms with Crippen molar-refractivity contribution in [3.63, 3.8) is 0 Å². The maximum absolute atomic E-state index is 12.9. The first-order valence-corrected chi connectivity index (χ1v) is 6.80. The van der Waals surface area contributed by atoms with E-state index in [1.807, 2.05) is 0 Å². The van der Waals surface area contributed by atoms with Crippen LogP contribution < -0.4 is 5.56 Å². The molecule has 0 fully saturated rings. The van der Waals surface area contributed by atoms with Crippen LogP contribution in [0.15, 0.2) is 38.1 Å². The van der Waals surface area contributed by atoms with E-state index in [1.165, 1.54) is 29.1 Å². The molecule has 2 aromatic rings. The average Bonchev–Trinajstić information content (AvgIpc) is 2.33. The molecule has 0 aliphatic carbocycles. The highest BCUT2D eigenvalue weighted by Crippen LogP contribution is 2.19. The van der Waals surface area contributed by atoms with Gasteiger partial charge < -0.3 is 0 Å². The fourth-order valence-electron chi connectivity index (χ4n) is 1.37. The second kappa shape index (κ2) is 5.50. The molecule has 0 spiro atoms. The zero-order valence-corrected chi connectivity index (χ0v) is 12.8. The van der Waals surface area contributed by atoms with E-state index in [0.29, 0.717) is 14.5 Å². The summed E-state index contributed by atoms with van der Waals surface area (Å²) < 4.78 is 15.1. The van der Waals surface area contributed by atoms with Crippen LogP contribution in [0.5, 0.6) is 0 Å². The zero-order valence-electron chi connectivity index (χ0n) is 8.83. The largest absolute Gasteiger partial charge is 0.282 e. The second-order valence-electron chi connectivity index (χ2n) is 3.51. The van der Waals surface area contributed by atoms with E-state index in [4.69, 9.17) is 11.6 Å². The molecule has 0 unspecified atom stereocenters. The molecule has 0 amide bonds. The van der Waals surface area contributed by atoms with Crippen LogP contribution in [-0.4, -0.2) is 9.78 Å². The van der Waals surface area contributed by atoms with Crippen molar-refractivity contribution in [1.29, 1.82) is 0 Å². The van der Waals surface area contributed by atoms with E-state index in [2.05, 4.69) is 37.0 Å². The van der Waals surface area contributed by atoms with Crippen LogP contribution >= 0.6 is 43.5 Å². The number of rotatable bonds is 2. The third kappa shape index (κ3) is 2.81. The minimum atomic E-state index is -0.416. The lowest BCUT2D eigenvalue weighted by Crippen LogP contribution is -2.24. The second-order valence-corrected chi connectivity index (χ2v) is 5.56. The molecule has 0 radical (unpaired) electrons. The van der Waals surface area contributed by atoms with Gasteiger partial charge in [0, 0.05) is 5.02 Å². The number of aromatic nitrogens is 2. The Morgan fingerprint density at radius 2 is 2.11 bits per heavy atom. The lowest BCUT2D eigenvalue weighted by atomic mass is 10.2. The molecular formula is C11H6Br2ClFN2O. The molecule has 0 aliphatic rings. The Labute approximate surface area is 124 Å². The first-order chi connectivity index (χ1) is 8.49. The Balaban J connectivity index is 2.41. The maximum Gasteiger partial charge on any atom is 0.282 e. The number of hydrogen-bond acceptors (Lipinski definition) is 2. The van der Waals surface area contributed by atoms with E-state index in [1.54, 1.807) is 0 Å². The van der Waals surface area contributed by atoms with Crippen molar-refractivity contribution >= 4 is 43.5 Å². The van der Waals surface area contributed by atoms with Crippen molar-refractivity contribution in [2.24, 2.45) is 0 Å². The van der Waals surface area contributed by atoms with Gasteiger partial charge in [0.25, 0.3) is 5.56 Å². The van der Waals surface area contributed by atoms with Gasteiger partial charge in [0.1, 0.15) is 10.3 Å². The number of halogens is 4. The van der Waals surface area contributed by atoms with Crippen LogP contribution in [0.1, 0.15) is 5.56 Å². The Kier molecular flexibility index (Phi) is 4.19. The van der Waals surface area contributed by atoms with Gasteiger partial charge in [-0.25, -0.2) is 9.07 Å². The van der Waals surface area contributed by atoms with Gasteiger partial charge in [0.15, 0.2) is 0 Å². The van der Waals surface area contributed by atoms with Gasteiger partial charge >= 0.3 is 0 Å². The molecule has 0 saturated carbocycles. The monoisotopic (exact) mass is 394 g/mol. The lowest BCUT2D eigenvalue weighted by Gasteiger charge is -2.07. The van der Waals surface area contributed by atoms with Crippen molar-refractivity contribution < 1.29 is 4.39 Å². The molecule has 2 rings (SSSR count). The summed E-state index contributed by atoms with van der Waals surface area (Å²) in [5, 5.41) is 4.24. The van der Waals surface area contributed by atoms with Gasteiger partial charge in [-0.2, -0.15) is 5.10 Å². The third-order valence-electron chi connectivity index (χ3n) is 2.28. The summed E-state index contributed by atoms with van der Waals surface area (Å²) in [6.45, 7) is 0.184. The smallest absolute Gasteiger partial charge is 0.266 e. The summed E-state index contributed by atoms with van der Waals surface area (Å²) in [6, 6.07) is 4.03. The molecule has 3 nitrogen and oxygen atoms in total. The highest BCUT2D eigenvalue weighted by atomic mass is 79.9. The number of benzene rings is 1. The Bertz CT molecular complexity index is 660. The van der Waals surface area contributed by atoms with Crippen molar-refractivity contribution in [3.05, 3.63) is 60.1 Å². The zero-order chi connectivity index (χ0) is 13.3. The highest BCUT2D eigenvalue weighted by molar-refractivity contribution is 9.13. The Hall–Kier alpha value is -0.720. The first-order valence-electron chi connectivity index (χ1n) is 4.84. The molecule has 18 heavy (non-hydrogen) atoms. The normalized spacial score (nSPS) is 10.7. The molecule has 0 saturated heterocycles. The van der Waals surface area contributed by atoms with E-state index in [9.17, 15) is 9.18 Å². The van der Waals surface area contributed by atoms with Crippen molar-refractivity contribution in [1.82, 2.24) is 9.78 Å². The summed E-state index contributed by atoms with van der Waals surface area (Å²) in [5.74, 6) is -0.416. The molecule has 0 aliphatic heterocycles. The molecule has 94 valence electrons. The fraction of sp³-hybridized carbons (Fsp3) is 0.0909. The highest BCUT2D eigenvalue weighted by Gasteiger charge is 2.09. The summed E-state index contributed by atoms with van der Waals surface area (Å²) in [6.07, 6.45) is 1.50. The predicted molar refractivity (Wildman–Crippen MR) is 74.4 cm³/mol. The van der Waals surface area contributed by atoms with Gasteiger partial charge in [-0.15, -0.1) is 0 Å². The first kappa shape index (κ1) is 13.7. The van der Waals surface area contributed by atoms with Gasteiger partial charge in [-0.05, 0) is 49.6 Å². The van der Waals surface area contributed by atoms with Crippen LogP contribution in [0.25, 0.3) is 0 Å². The number of hydrogen-bond donors (Lipinski definition) is 0. The van der Waals surface area contributed by atoms with E-state index < -0.39 is 5.82 Å². The lowest BCUT2D eigenvalue weighted by molar-refractivity contribution is 0.617. The molecule has 7 heteroatoms. The molecule has 1 heterocycles. The maximum atomic E-state index is 12.9. The predicted octanol–water partition coefficient (Wildman–Crippen LogP) is 3.61. The number of nitrogens with zero attached hydrogens (tertiary/aromatic N) is 2. The van der Waals surface area contributed by atoms with Crippen molar-refractivity contribution in [2.75, 3.05) is 0 Å². The summed E-state index contributed by atoms with van der Waals surface area (Å²) in [7, 11) is 0. The van der Waals surface area contributed by atoms with Crippen LogP contribution in [0.2, 0.25) is 5.02 Å². The Morgan fingerprint density at radius 1 is 1.39 bits per heavy atom. The van der Waals surface area contributed by atoms with Crippen LogP contribution in [0.4, 0.5) is 4.39 Å². The average molecular weight is 396 g/mol. The van der Waals surface area contributed by atoms with E-state index in [-0.39, 0.29) is 17.1 Å². The van der Waals surface area contributed by atoms with Crippen LogP contribution in [0.3, 0.4) is 0 Å². The Morgan fingerprint density at radius 3 is 2.78 bits per heavy atom. The van der Waals surface area contributed by atoms with E-state index >= 15 is 0 Å². The standard InChI is InChI=1S/C11H6Br2ClFN2O/c12-8-4-16-17(11(18)10(8)13)5-6-1-2-7(15)3-9(6)14/h1-4H,5H2. The molecule has 1 aromatic carbocycles. The molecule has 1 aromatic heterocycles. The van der Waals surface area contributed by atoms with Crippen LogP contribution in [-0.2, 0) is 6.54 Å². The molecule has 0 bridgehead atoms. The van der Waals surface area contributed by atoms with Gasteiger partial charge in [-0.1, -0.05) is 17.7 Å². The summed E-state index contributed by atoms with van der Waals surface area (Å²) in [5.41, 5.74) is 0.339. The minimum absolute atomic E-state index is 0.184. The molecular weight excluding hydrogens is 390 g/mol.